The number of rotatable bonds is 2. The van der Waals surface area contributed by atoms with Crippen molar-refractivity contribution < 1.29 is 13.6 Å². The second-order valence-corrected chi connectivity index (χ2v) is 6.37. The number of alkyl halides is 2. The maximum Gasteiger partial charge on any atom is 0.274 e. The summed E-state index contributed by atoms with van der Waals surface area (Å²) in [5, 5.41) is 4.22. The maximum atomic E-state index is 13.7. The van der Waals surface area contributed by atoms with Crippen LogP contribution in [0.5, 0.6) is 0 Å². The topological polar surface area (TPSA) is 38.1 Å². The number of amides is 1. The number of fused-ring (bicyclic) bond motifs is 1. The second kappa shape index (κ2) is 4.02. The summed E-state index contributed by atoms with van der Waals surface area (Å²) in [5.74, 6) is -3.56. The molecule has 0 spiro atoms. The van der Waals surface area contributed by atoms with Gasteiger partial charge in [-0.3, -0.25) is 9.48 Å². The van der Waals surface area contributed by atoms with Gasteiger partial charge in [-0.1, -0.05) is 6.92 Å². The van der Waals surface area contributed by atoms with Crippen LogP contribution in [0.15, 0.2) is 12.3 Å². The fourth-order valence-electron chi connectivity index (χ4n) is 3.10. The lowest BCUT2D eigenvalue weighted by molar-refractivity contribution is 0.0635. The van der Waals surface area contributed by atoms with Gasteiger partial charge < -0.3 is 4.90 Å². The molecule has 20 heavy (non-hydrogen) atoms. The predicted molar refractivity (Wildman–Crippen MR) is 69.7 cm³/mol. The Morgan fingerprint density at radius 2 is 2.20 bits per heavy atom. The van der Waals surface area contributed by atoms with E-state index in [0.29, 0.717) is 18.7 Å². The standard InChI is InChI=1S/C14H19F2N3O/c1-9(2)19-6-4-10(17-19)12(20)18-7-5-13(3)11(8-18)14(13,15)16/h4,6,9,11H,5,7-8H2,1-3H3. The summed E-state index contributed by atoms with van der Waals surface area (Å²) in [6.45, 7) is 6.08. The molecule has 0 aromatic carbocycles. The van der Waals surface area contributed by atoms with Gasteiger partial charge in [0.2, 0.25) is 0 Å². The van der Waals surface area contributed by atoms with Crippen LogP contribution in [0.3, 0.4) is 0 Å². The molecule has 0 N–H and O–H groups in total. The summed E-state index contributed by atoms with van der Waals surface area (Å²) in [6.07, 6.45) is 2.11. The lowest BCUT2D eigenvalue weighted by atomic mass is 9.97. The summed E-state index contributed by atoms with van der Waals surface area (Å²) < 4.78 is 29.1. The molecular formula is C14H19F2N3O. The first-order valence-corrected chi connectivity index (χ1v) is 6.99. The number of carbonyl (C=O) groups is 1. The van der Waals surface area contributed by atoms with Crippen LogP contribution in [-0.2, 0) is 0 Å². The molecule has 2 unspecified atom stereocenters. The molecule has 2 fully saturated rings. The molecule has 0 bridgehead atoms. The number of likely N-dealkylation sites (tertiary alicyclic amines) is 1. The quantitative estimate of drug-likeness (QED) is 0.836. The van der Waals surface area contributed by atoms with Crippen molar-refractivity contribution in [1.82, 2.24) is 14.7 Å². The third kappa shape index (κ3) is 1.70. The van der Waals surface area contributed by atoms with Crippen molar-refractivity contribution in [3.63, 3.8) is 0 Å². The van der Waals surface area contributed by atoms with Crippen LogP contribution in [0.1, 0.15) is 43.7 Å². The average molecular weight is 283 g/mol. The van der Waals surface area contributed by atoms with Gasteiger partial charge in [-0.15, -0.1) is 0 Å². The van der Waals surface area contributed by atoms with Crippen LogP contribution in [-0.4, -0.2) is 39.6 Å². The summed E-state index contributed by atoms with van der Waals surface area (Å²) in [5.41, 5.74) is -0.563. The van der Waals surface area contributed by atoms with E-state index in [1.165, 1.54) is 4.90 Å². The normalized spacial score (nSPS) is 31.3. The molecule has 1 saturated carbocycles. The number of carbonyl (C=O) groups excluding carboxylic acids is 1. The molecule has 1 amide bonds. The number of hydrogen-bond donors (Lipinski definition) is 0. The number of aromatic nitrogens is 2. The molecule has 1 saturated heterocycles. The first kappa shape index (κ1) is 13.5. The van der Waals surface area contributed by atoms with Crippen LogP contribution >= 0.6 is 0 Å². The van der Waals surface area contributed by atoms with Gasteiger partial charge in [0.1, 0.15) is 5.69 Å². The van der Waals surface area contributed by atoms with Crippen LogP contribution in [0.4, 0.5) is 8.78 Å². The molecule has 1 aromatic rings. The zero-order valence-corrected chi connectivity index (χ0v) is 11.9. The minimum absolute atomic E-state index is 0.136. The summed E-state index contributed by atoms with van der Waals surface area (Å²) in [6, 6.07) is 1.83. The lowest BCUT2D eigenvalue weighted by Gasteiger charge is -2.27. The van der Waals surface area contributed by atoms with Crippen molar-refractivity contribution in [2.75, 3.05) is 13.1 Å². The number of piperidine rings is 1. The molecule has 2 aliphatic rings. The molecule has 2 heterocycles. The average Bonchev–Trinajstić information content (AvgIpc) is 2.76. The van der Waals surface area contributed by atoms with Crippen molar-refractivity contribution in [3.8, 4) is 0 Å². The minimum Gasteiger partial charge on any atom is -0.337 e. The fraction of sp³-hybridized carbons (Fsp3) is 0.714. The van der Waals surface area contributed by atoms with Crippen molar-refractivity contribution in [3.05, 3.63) is 18.0 Å². The summed E-state index contributed by atoms with van der Waals surface area (Å²) >= 11 is 0. The highest BCUT2D eigenvalue weighted by atomic mass is 19.3. The highest BCUT2D eigenvalue weighted by Gasteiger charge is 2.78. The number of nitrogens with zero attached hydrogens (tertiary/aromatic N) is 3. The van der Waals surface area contributed by atoms with Crippen LogP contribution in [0.2, 0.25) is 0 Å². The molecule has 4 nitrogen and oxygen atoms in total. The summed E-state index contributed by atoms with van der Waals surface area (Å²) in [7, 11) is 0. The van der Waals surface area contributed by atoms with Gasteiger partial charge in [0.25, 0.3) is 11.8 Å². The Morgan fingerprint density at radius 3 is 2.75 bits per heavy atom. The largest absolute Gasteiger partial charge is 0.337 e. The van der Waals surface area contributed by atoms with Gasteiger partial charge >= 0.3 is 0 Å². The van der Waals surface area contributed by atoms with Gasteiger partial charge in [0.15, 0.2) is 0 Å². The highest BCUT2D eigenvalue weighted by molar-refractivity contribution is 5.92. The monoisotopic (exact) mass is 283 g/mol. The first-order chi connectivity index (χ1) is 9.27. The molecule has 1 aromatic heterocycles. The van der Waals surface area contributed by atoms with E-state index in [1.54, 1.807) is 23.9 Å². The second-order valence-electron chi connectivity index (χ2n) is 6.37. The van der Waals surface area contributed by atoms with E-state index in [9.17, 15) is 13.6 Å². The Labute approximate surface area is 116 Å². The molecule has 110 valence electrons. The van der Waals surface area contributed by atoms with Crippen LogP contribution < -0.4 is 0 Å². The first-order valence-electron chi connectivity index (χ1n) is 6.99. The van der Waals surface area contributed by atoms with E-state index >= 15 is 0 Å². The Kier molecular flexibility index (Phi) is 2.72. The van der Waals surface area contributed by atoms with E-state index in [1.807, 2.05) is 13.8 Å². The third-order valence-electron chi connectivity index (χ3n) is 4.83. The van der Waals surface area contributed by atoms with E-state index in [2.05, 4.69) is 5.10 Å². The van der Waals surface area contributed by atoms with Gasteiger partial charge in [0, 0.05) is 30.7 Å². The SMILES string of the molecule is CC(C)n1ccc(C(=O)N2CCC3(C)C(C2)C3(F)F)n1. The van der Waals surface area contributed by atoms with Gasteiger partial charge in [0.05, 0.1) is 5.92 Å². The van der Waals surface area contributed by atoms with Gasteiger partial charge in [-0.2, -0.15) is 5.10 Å². The molecule has 1 aliphatic heterocycles. The zero-order valence-electron chi connectivity index (χ0n) is 11.9. The van der Waals surface area contributed by atoms with E-state index in [-0.39, 0.29) is 18.5 Å². The van der Waals surface area contributed by atoms with E-state index < -0.39 is 17.3 Å². The zero-order chi connectivity index (χ0) is 14.7. The van der Waals surface area contributed by atoms with Crippen LogP contribution in [0, 0.1) is 11.3 Å². The van der Waals surface area contributed by atoms with Crippen LogP contribution in [0.25, 0.3) is 0 Å². The molecule has 3 rings (SSSR count). The summed E-state index contributed by atoms with van der Waals surface area (Å²) in [4.78, 5) is 13.8. The molecule has 2 atom stereocenters. The Balaban J connectivity index is 1.73. The predicted octanol–water partition coefficient (Wildman–Crippen LogP) is 2.58. The van der Waals surface area contributed by atoms with E-state index in [4.69, 9.17) is 0 Å². The Bertz CT molecular complexity index is 554. The Hall–Kier alpha value is -1.46. The fourth-order valence-corrected chi connectivity index (χ4v) is 3.10. The smallest absolute Gasteiger partial charge is 0.274 e. The van der Waals surface area contributed by atoms with Gasteiger partial charge in [-0.25, -0.2) is 8.78 Å². The van der Waals surface area contributed by atoms with Crippen molar-refractivity contribution in [2.24, 2.45) is 11.3 Å². The minimum atomic E-state index is -2.63. The molecule has 1 aliphatic carbocycles. The van der Waals surface area contributed by atoms with Gasteiger partial charge in [-0.05, 0) is 26.3 Å². The highest BCUT2D eigenvalue weighted by Crippen LogP contribution is 2.69. The number of halogens is 2. The molecule has 0 radical (unpaired) electrons. The lowest BCUT2D eigenvalue weighted by Crippen LogP contribution is -2.39. The van der Waals surface area contributed by atoms with Crippen molar-refractivity contribution in [2.45, 2.75) is 39.2 Å². The van der Waals surface area contributed by atoms with Crippen molar-refractivity contribution >= 4 is 5.91 Å². The number of hydrogen-bond acceptors (Lipinski definition) is 2. The van der Waals surface area contributed by atoms with Crippen molar-refractivity contribution in [1.29, 1.82) is 0 Å². The third-order valence-corrected chi connectivity index (χ3v) is 4.83. The maximum absolute atomic E-state index is 13.7. The molecular weight excluding hydrogens is 264 g/mol. The van der Waals surface area contributed by atoms with E-state index in [0.717, 1.165) is 0 Å². The Morgan fingerprint density at radius 1 is 1.50 bits per heavy atom. The molecule has 6 heteroatoms.